The van der Waals surface area contributed by atoms with E-state index >= 15 is 0 Å². The van der Waals surface area contributed by atoms with Crippen LogP contribution in [-0.2, 0) is 27.2 Å². The van der Waals surface area contributed by atoms with Crippen molar-refractivity contribution in [3.05, 3.63) is 81.2 Å². The first-order valence-electron chi connectivity index (χ1n) is 11.6. The fraction of sp³-hybridized carbons (Fsp3) is 0.222. The molecule has 190 valence electrons. The average molecular weight is 520 g/mol. The smallest absolute Gasteiger partial charge is 0.343 e. The molecule has 0 unspecified atom stereocenters. The Labute approximate surface area is 217 Å². The predicted octanol–water partition coefficient (Wildman–Crippen LogP) is 4.03. The van der Waals surface area contributed by atoms with Gasteiger partial charge >= 0.3 is 23.8 Å². The number of esters is 2. The van der Waals surface area contributed by atoms with Crippen molar-refractivity contribution in [2.24, 2.45) is 5.10 Å². The number of benzene rings is 2. The third-order valence-corrected chi connectivity index (χ3v) is 7.01. The molecule has 4 rings (SSSR count). The lowest BCUT2D eigenvalue weighted by Gasteiger charge is -2.11. The van der Waals surface area contributed by atoms with Gasteiger partial charge < -0.3 is 14.8 Å². The van der Waals surface area contributed by atoms with Gasteiger partial charge in [-0.15, -0.1) is 11.3 Å². The van der Waals surface area contributed by atoms with Crippen molar-refractivity contribution in [2.45, 2.75) is 32.6 Å². The number of aryl methyl sites for hydroxylation is 2. The highest BCUT2D eigenvalue weighted by Gasteiger charge is 2.28. The van der Waals surface area contributed by atoms with Crippen molar-refractivity contribution < 1.29 is 28.7 Å². The fourth-order valence-electron chi connectivity index (χ4n) is 3.97. The standard InChI is InChI=1S/C27H25N3O6S/c1-16-8-3-4-11-19(16)26(33)36-18-10-7-9-17(14-18)15-28-30-24(32)23(31)29-25-22(27(34)35-2)20-12-5-6-13-21(20)37-25/h3-4,7-11,14-15H,5-6,12-13H2,1-2H3,(H,29,31)(H,30,32)/b28-15+. The van der Waals surface area contributed by atoms with E-state index in [0.717, 1.165) is 41.7 Å². The molecule has 0 saturated carbocycles. The van der Waals surface area contributed by atoms with E-state index in [9.17, 15) is 19.2 Å². The highest BCUT2D eigenvalue weighted by molar-refractivity contribution is 7.17. The van der Waals surface area contributed by atoms with Gasteiger partial charge in [-0.25, -0.2) is 15.0 Å². The van der Waals surface area contributed by atoms with Crippen LogP contribution in [0, 0.1) is 6.92 Å². The number of methoxy groups -OCH3 is 1. The van der Waals surface area contributed by atoms with Crippen LogP contribution in [0.2, 0.25) is 0 Å². The molecule has 0 bridgehead atoms. The summed E-state index contributed by atoms with van der Waals surface area (Å²) in [6, 6.07) is 13.7. The molecule has 3 aromatic rings. The minimum absolute atomic E-state index is 0.297. The monoisotopic (exact) mass is 519 g/mol. The summed E-state index contributed by atoms with van der Waals surface area (Å²) in [5, 5.41) is 6.64. The summed E-state index contributed by atoms with van der Waals surface area (Å²) in [5.74, 6) is -2.68. The molecule has 0 atom stereocenters. The van der Waals surface area contributed by atoms with Gasteiger partial charge in [0, 0.05) is 4.88 Å². The Bertz CT molecular complexity index is 1390. The lowest BCUT2D eigenvalue weighted by Crippen LogP contribution is -2.32. The van der Waals surface area contributed by atoms with Gasteiger partial charge in [0.1, 0.15) is 10.8 Å². The first-order chi connectivity index (χ1) is 17.9. The normalized spacial score (nSPS) is 12.5. The molecule has 0 saturated heterocycles. The summed E-state index contributed by atoms with van der Waals surface area (Å²) < 4.78 is 10.3. The van der Waals surface area contributed by atoms with Crippen molar-refractivity contribution in [1.29, 1.82) is 0 Å². The molecule has 9 nitrogen and oxygen atoms in total. The summed E-state index contributed by atoms with van der Waals surface area (Å²) in [4.78, 5) is 50.6. The van der Waals surface area contributed by atoms with E-state index in [-0.39, 0.29) is 0 Å². The summed E-state index contributed by atoms with van der Waals surface area (Å²) in [5.41, 5.74) is 5.15. The number of hydrazone groups is 1. The predicted molar refractivity (Wildman–Crippen MR) is 139 cm³/mol. The average Bonchev–Trinajstić information content (AvgIpc) is 3.26. The Morgan fingerprint density at radius 1 is 0.973 bits per heavy atom. The van der Waals surface area contributed by atoms with Gasteiger partial charge in [0.25, 0.3) is 0 Å². The molecular weight excluding hydrogens is 494 g/mol. The number of rotatable bonds is 6. The second-order valence-electron chi connectivity index (χ2n) is 8.34. The van der Waals surface area contributed by atoms with Gasteiger partial charge in [0.05, 0.1) is 24.5 Å². The number of amides is 2. The minimum atomic E-state index is -0.999. The Balaban J connectivity index is 1.38. The zero-order chi connectivity index (χ0) is 26.4. The van der Waals surface area contributed by atoms with E-state index in [1.165, 1.54) is 24.7 Å². The molecule has 0 fully saturated rings. The molecule has 0 aliphatic heterocycles. The molecule has 10 heteroatoms. The van der Waals surface area contributed by atoms with E-state index < -0.39 is 23.8 Å². The first kappa shape index (κ1) is 25.8. The summed E-state index contributed by atoms with van der Waals surface area (Å²) >= 11 is 1.29. The molecule has 1 aliphatic carbocycles. The number of carbonyl (C=O) groups is 4. The number of thiophene rings is 1. The Morgan fingerprint density at radius 2 is 1.76 bits per heavy atom. The topological polar surface area (TPSA) is 123 Å². The number of ether oxygens (including phenoxy) is 2. The minimum Gasteiger partial charge on any atom is -0.465 e. The fourth-order valence-corrected chi connectivity index (χ4v) is 5.24. The third kappa shape index (κ3) is 6.10. The Hall–Kier alpha value is -4.31. The second kappa shape index (κ2) is 11.6. The molecule has 1 aliphatic rings. The number of nitrogens with zero attached hydrogens (tertiary/aromatic N) is 1. The molecule has 37 heavy (non-hydrogen) atoms. The number of hydrogen-bond acceptors (Lipinski definition) is 8. The maximum atomic E-state index is 12.5. The van der Waals surface area contributed by atoms with Crippen LogP contribution in [0.5, 0.6) is 5.75 Å². The van der Waals surface area contributed by atoms with Gasteiger partial charge in [-0.05, 0) is 67.5 Å². The number of carbonyl (C=O) groups excluding carboxylic acids is 4. The van der Waals surface area contributed by atoms with E-state index in [1.807, 2.05) is 19.1 Å². The molecule has 2 aromatic carbocycles. The zero-order valence-corrected chi connectivity index (χ0v) is 21.1. The maximum Gasteiger partial charge on any atom is 0.343 e. The summed E-state index contributed by atoms with van der Waals surface area (Å²) in [6.07, 6.45) is 4.81. The van der Waals surface area contributed by atoms with Crippen molar-refractivity contribution in [2.75, 3.05) is 12.4 Å². The lowest BCUT2D eigenvalue weighted by atomic mass is 9.95. The van der Waals surface area contributed by atoms with Gasteiger partial charge in [0.2, 0.25) is 0 Å². The van der Waals surface area contributed by atoms with Crippen molar-refractivity contribution in [3.8, 4) is 5.75 Å². The van der Waals surface area contributed by atoms with Crippen LogP contribution < -0.4 is 15.5 Å². The number of anilines is 1. The molecule has 1 aromatic heterocycles. The largest absolute Gasteiger partial charge is 0.465 e. The maximum absolute atomic E-state index is 12.5. The van der Waals surface area contributed by atoms with Crippen molar-refractivity contribution in [3.63, 3.8) is 0 Å². The van der Waals surface area contributed by atoms with E-state index in [0.29, 0.717) is 27.4 Å². The first-order valence-corrected chi connectivity index (χ1v) is 12.4. The Morgan fingerprint density at radius 3 is 2.54 bits per heavy atom. The summed E-state index contributed by atoms with van der Waals surface area (Å²) in [7, 11) is 1.28. The lowest BCUT2D eigenvalue weighted by molar-refractivity contribution is -0.136. The quantitative estimate of drug-likeness (QED) is 0.167. The van der Waals surface area contributed by atoms with Crippen LogP contribution in [0.15, 0.2) is 53.6 Å². The molecule has 1 heterocycles. The van der Waals surface area contributed by atoms with Gasteiger partial charge in [0.15, 0.2) is 0 Å². The number of nitrogens with one attached hydrogen (secondary N) is 2. The highest BCUT2D eigenvalue weighted by atomic mass is 32.1. The van der Waals surface area contributed by atoms with Crippen molar-refractivity contribution >= 4 is 46.3 Å². The molecule has 0 radical (unpaired) electrons. The van der Waals surface area contributed by atoms with Crippen LogP contribution in [0.3, 0.4) is 0 Å². The van der Waals surface area contributed by atoms with Crippen LogP contribution in [-0.4, -0.2) is 37.1 Å². The number of fused-ring (bicyclic) bond motifs is 1. The van der Waals surface area contributed by atoms with Gasteiger partial charge in [-0.1, -0.05) is 30.3 Å². The second-order valence-corrected chi connectivity index (χ2v) is 9.44. The molecule has 2 N–H and O–H groups in total. The van der Waals surface area contributed by atoms with Crippen LogP contribution in [0.25, 0.3) is 0 Å². The van der Waals surface area contributed by atoms with Gasteiger partial charge in [-0.3, -0.25) is 9.59 Å². The molecule has 2 amide bonds. The van der Waals surface area contributed by atoms with Crippen LogP contribution >= 0.6 is 11.3 Å². The Kier molecular flexibility index (Phi) is 8.09. The zero-order valence-electron chi connectivity index (χ0n) is 20.3. The van der Waals surface area contributed by atoms with E-state index in [1.54, 1.807) is 36.4 Å². The molecule has 0 spiro atoms. The van der Waals surface area contributed by atoms with E-state index in [4.69, 9.17) is 9.47 Å². The third-order valence-electron chi connectivity index (χ3n) is 5.81. The van der Waals surface area contributed by atoms with Crippen LogP contribution in [0.1, 0.15) is 55.1 Å². The molecular formula is C27H25N3O6S. The number of hydrogen-bond donors (Lipinski definition) is 2. The van der Waals surface area contributed by atoms with Crippen molar-refractivity contribution in [1.82, 2.24) is 5.43 Å². The van der Waals surface area contributed by atoms with Crippen LogP contribution in [0.4, 0.5) is 5.00 Å². The van der Waals surface area contributed by atoms with Gasteiger partial charge in [-0.2, -0.15) is 5.10 Å². The van der Waals surface area contributed by atoms with E-state index in [2.05, 4.69) is 15.8 Å². The SMILES string of the molecule is COC(=O)c1c(NC(=O)C(=O)N/N=C/c2cccc(OC(=O)c3ccccc3C)c2)sc2c1CCCC2. The summed E-state index contributed by atoms with van der Waals surface area (Å²) in [6.45, 7) is 1.82. The highest BCUT2D eigenvalue weighted by Crippen LogP contribution is 2.38.